The third-order valence-electron chi connectivity index (χ3n) is 2.30. The first kappa shape index (κ1) is 10.6. The molecule has 0 saturated carbocycles. The van der Waals surface area contributed by atoms with Gasteiger partial charge < -0.3 is 10.1 Å². The normalized spacial score (nSPS) is 10.3. The molecule has 2 rings (SSSR count). The van der Waals surface area contributed by atoms with Crippen LogP contribution in [0.25, 0.3) is 11.1 Å². The molecule has 0 atom stereocenters. The molecule has 16 heavy (non-hydrogen) atoms. The van der Waals surface area contributed by atoms with E-state index in [1.807, 2.05) is 18.4 Å². The Kier molecular flexibility index (Phi) is 2.62. The molecule has 2 aromatic rings. The lowest BCUT2D eigenvalue weighted by Crippen LogP contribution is -2.16. The summed E-state index contributed by atoms with van der Waals surface area (Å²) in [4.78, 5) is 25.6. The van der Waals surface area contributed by atoms with E-state index in [9.17, 15) is 9.59 Å². The van der Waals surface area contributed by atoms with E-state index in [1.165, 1.54) is 12.3 Å². The molecule has 0 fully saturated rings. The summed E-state index contributed by atoms with van der Waals surface area (Å²) < 4.78 is 0. The molecule has 82 valence electrons. The number of hydrogen-bond donors (Lipinski definition) is 2. The second kappa shape index (κ2) is 3.94. The van der Waals surface area contributed by atoms with E-state index in [-0.39, 0.29) is 5.56 Å². The summed E-state index contributed by atoms with van der Waals surface area (Å²) >= 11 is 1.58. The second-order valence-electron chi connectivity index (χ2n) is 3.33. The van der Waals surface area contributed by atoms with Gasteiger partial charge in [0.25, 0.3) is 5.56 Å². The fourth-order valence-corrected chi connectivity index (χ4v) is 2.20. The molecular formula is C11H9NO3S. The Hall–Kier alpha value is -1.88. The van der Waals surface area contributed by atoms with E-state index in [2.05, 4.69) is 4.98 Å². The Balaban J connectivity index is 2.61. The van der Waals surface area contributed by atoms with Crippen LogP contribution >= 0.6 is 11.3 Å². The summed E-state index contributed by atoms with van der Waals surface area (Å²) in [5.41, 5.74) is 0.853. The van der Waals surface area contributed by atoms with Gasteiger partial charge in [0.05, 0.1) is 0 Å². The van der Waals surface area contributed by atoms with Gasteiger partial charge >= 0.3 is 5.97 Å². The van der Waals surface area contributed by atoms with Crippen LogP contribution in [0.1, 0.15) is 15.2 Å². The first-order valence-corrected chi connectivity index (χ1v) is 5.48. The largest absolute Gasteiger partial charge is 0.477 e. The van der Waals surface area contributed by atoms with Crippen LogP contribution < -0.4 is 5.56 Å². The van der Waals surface area contributed by atoms with E-state index in [1.54, 1.807) is 11.3 Å². The van der Waals surface area contributed by atoms with Crippen molar-refractivity contribution < 1.29 is 9.90 Å². The van der Waals surface area contributed by atoms with E-state index >= 15 is 0 Å². The molecular weight excluding hydrogens is 226 g/mol. The monoisotopic (exact) mass is 235 g/mol. The van der Waals surface area contributed by atoms with Crippen LogP contribution in [0.15, 0.2) is 28.5 Å². The number of rotatable bonds is 2. The highest BCUT2D eigenvalue weighted by molar-refractivity contribution is 7.10. The summed E-state index contributed by atoms with van der Waals surface area (Å²) in [7, 11) is 0. The smallest absolute Gasteiger partial charge is 0.341 e. The van der Waals surface area contributed by atoms with Crippen LogP contribution in [-0.2, 0) is 0 Å². The average Bonchev–Trinajstić information content (AvgIpc) is 2.65. The Labute approximate surface area is 95.2 Å². The van der Waals surface area contributed by atoms with Gasteiger partial charge in [-0.1, -0.05) is 0 Å². The van der Waals surface area contributed by atoms with Gasteiger partial charge in [0.2, 0.25) is 0 Å². The maximum atomic E-state index is 11.2. The molecule has 2 aromatic heterocycles. The number of H-pyrrole nitrogens is 1. The topological polar surface area (TPSA) is 70.2 Å². The molecule has 0 radical (unpaired) electrons. The quantitative estimate of drug-likeness (QED) is 0.837. The number of hydrogen-bond acceptors (Lipinski definition) is 3. The molecule has 0 aliphatic rings. The number of carboxylic acids is 1. The highest BCUT2D eigenvalue weighted by Crippen LogP contribution is 2.26. The fraction of sp³-hybridized carbons (Fsp3) is 0.0909. The van der Waals surface area contributed by atoms with Crippen LogP contribution in [0.4, 0.5) is 0 Å². The van der Waals surface area contributed by atoms with Crippen molar-refractivity contribution in [2.75, 3.05) is 0 Å². The van der Waals surface area contributed by atoms with Crippen LogP contribution in [-0.4, -0.2) is 16.1 Å². The first-order chi connectivity index (χ1) is 7.59. The predicted molar refractivity (Wildman–Crippen MR) is 62.1 cm³/mol. The Morgan fingerprint density at radius 3 is 2.81 bits per heavy atom. The minimum Gasteiger partial charge on any atom is -0.477 e. The van der Waals surface area contributed by atoms with Gasteiger partial charge in [-0.3, -0.25) is 4.79 Å². The van der Waals surface area contributed by atoms with Gasteiger partial charge in [-0.25, -0.2) is 4.79 Å². The molecule has 2 heterocycles. The number of aromatic nitrogens is 1. The van der Waals surface area contributed by atoms with Crippen molar-refractivity contribution in [3.05, 3.63) is 44.5 Å². The lowest BCUT2D eigenvalue weighted by atomic mass is 10.1. The Morgan fingerprint density at radius 2 is 2.25 bits per heavy atom. The lowest BCUT2D eigenvalue weighted by molar-refractivity contribution is 0.0695. The van der Waals surface area contributed by atoms with Gasteiger partial charge in [-0.2, -0.15) is 0 Å². The maximum Gasteiger partial charge on any atom is 0.341 e. The summed E-state index contributed by atoms with van der Waals surface area (Å²) in [5.74, 6) is -1.21. The predicted octanol–water partition coefficient (Wildman–Crippen LogP) is 2.11. The number of nitrogens with one attached hydrogen (secondary N) is 1. The van der Waals surface area contributed by atoms with E-state index in [0.717, 1.165) is 16.0 Å². The number of pyridine rings is 1. The number of aromatic amines is 1. The van der Waals surface area contributed by atoms with Crippen molar-refractivity contribution >= 4 is 17.3 Å². The lowest BCUT2D eigenvalue weighted by Gasteiger charge is -2.01. The van der Waals surface area contributed by atoms with Crippen molar-refractivity contribution in [2.45, 2.75) is 6.92 Å². The van der Waals surface area contributed by atoms with E-state index in [0.29, 0.717) is 0 Å². The van der Waals surface area contributed by atoms with E-state index < -0.39 is 11.5 Å². The summed E-state index contributed by atoms with van der Waals surface area (Å²) in [6.45, 7) is 1.95. The second-order valence-corrected chi connectivity index (χ2v) is 4.45. The highest BCUT2D eigenvalue weighted by Gasteiger charge is 2.11. The fourth-order valence-electron chi connectivity index (χ4n) is 1.48. The molecule has 4 nitrogen and oxygen atoms in total. The molecule has 0 amide bonds. The molecule has 0 aliphatic heterocycles. The van der Waals surface area contributed by atoms with Crippen molar-refractivity contribution in [2.24, 2.45) is 0 Å². The minimum atomic E-state index is -1.21. The number of carbonyl (C=O) groups is 1. The van der Waals surface area contributed by atoms with Gasteiger partial charge in [0.1, 0.15) is 5.56 Å². The maximum absolute atomic E-state index is 11.2. The van der Waals surface area contributed by atoms with E-state index in [4.69, 9.17) is 5.11 Å². The zero-order valence-corrected chi connectivity index (χ0v) is 9.30. The number of carboxylic acid groups (broad SMARTS) is 1. The number of aryl methyl sites for hydroxylation is 1. The molecule has 0 spiro atoms. The molecule has 2 N–H and O–H groups in total. The van der Waals surface area contributed by atoms with Crippen molar-refractivity contribution in [3.8, 4) is 11.1 Å². The average molecular weight is 235 g/mol. The van der Waals surface area contributed by atoms with Crippen molar-refractivity contribution in [1.29, 1.82) is 0 Å². The molecule has 0 aromatic carbocycles. The molecule has 5 heteroatoms. The minimum absolute atomic E-state index is 0.233. The number of thiophene rings is 1. The first-order valence-electron chi connectivity index (χ1n) is 4.60. The molecule has 0 saturated heterocycles. The standard InChI is InChI=1S/C11H9NO3S/c1-6-8(2-3-16-6)7-4-9(11(14)15)10(13)12-5-7/h2-5H,1H3,(H,12,13)(H,14,15). The Bertz CT molecular complexity index is 597. The SMILES string of the molecule is Cc1sccc1-c1c[nH]c(=O)c(C(=O)O)c1. The third-order valence-corrected chi connectivity index (χ3v) is 3.15. The zero-order valence-electron chi connectivity index (χ0n) is 8.48. The van der Waals surface area contributed by atoms with Crippen LogP contribution in [0.2, 0.25) is 0 Å². The summed E-state index contributed by atoms with van der Waals surface area (Å²) in [5, 5.41) is 10.8. The molecule has 0 aliphatic carbocycles. The third kappa shape index (κ3) is 1.77. The number of aromatic carboxylic acids is 1. The summed E-state index contributed by atoms with van der Waals surface area (Å²) in [6, 6.07) is 3.30. The van der Waals surface area contributed by atoms with Crippen LogP contribution in [0.3, 0.4) is 0 Å². The molecule has 0 unspecified atom stereocenters. The van der Waals surface area contributed by atoms with Crippen LogP contribution in [0.5, 0.6) is 0 Å². The van der Waals surface area contributed by atoms with Crippen molar-refractivity contribution in [3.63, 3.8) is 0 Å². The zero-order chi connectivity index (χ0) is 11.7. The van der Waals surface area contributed by atoms with Crippen LogP contribution in [0, 0.1) is 6.92 Å². The summed E-state index contributed by atoms with van der Waals surface area (Å²) in [6.07, 6.45) is 1.53. The molecule has 0 bridgehead atoms. The van der Waals surface area contributed by atoms with Gasteiger partial charge in [0.15, 0.2) is 0 Å². The highest BCUT2D eigenvalue weighted by atomic mass is 32.1. The van der Waals surface area contributed by atoms with Crippen molar-refractivity contribution in [1.82, 2.24) is 4.98 Å². The Morgan fingerprint density at radius 1 is 1.50 bits per heavy atom. The van der Waals surface area contributed by atoms with Gasteiger partial charge in [0, 0.05) is 11.1 Å². The van der Waals surface area contributed by atoms with Gasteiger partial charge in [-0.05, 0) is 35.6 Å². The van der Waals surface area contributed by atoms with Gasteiger partial charge in [-0.15, -0.1) is 11.3 Å².